The van der Waals surface area contributed by atoms with Crippen LogP contribution in [0.25, 0.3) is 222 Å². The molecule has 0 aliphatic heterocycles. The summed E-state index contributed by atoms with van der Waals surface area (Å²) in [6.07, 6.45) is 7.27. The lowest BCUT2D eigenvalue weighted by Gasteiger charge is -2.13. The average Bonchev–Trinajstić information content (AvgIpc) is 0.998. The number of hydrogen-bond donors (Lipinski definition) is 0. The van der Waals surface area contributed by atoms with Crippen LogP contribution in [0.3, 0.4) is 0 Å². The van der Waals surface area contributed by atoms with Gasteiger partial charge in [-0.05, 0) is 149 Å². The van der Waals surface area contributed by atoms with Crippen molar-refractivity contribution in [1.82, 2.24) is 54.8 Å². The van der Waals surface area contributed by atoms with E-state index in [1.54, 1.807) is 12.4 Å². The van der Waals surface area contributed by atoms with Crippen molar-refractivity contribution in [2.75, 3.05) is 0 Å². The molecule has 21 aromatic rings. The maximum absolute atomic E-state index is 9.55. The summed E-state index contributed by atoms with van der Waals surface area (Å²) in [5.41, 5.74) is 23.1. The number of fused-ring (bicyclic) bond motifs is 18. The van der Waals surface area contributed by atoms with Crippen LogP contribution in [-0.4, -0.2) is 54.8 Å². The van der Waals surface area contributed by atoms with E-state index in [1.807, 2.05) is 164 Å². The standard InChI is InChI=1S/C92H50N12O2/c93-49-52-11-7-16-57(43-52)58-28-39-81-71(45-58)72-46-60(30-40-82(72)105-81)59-29-38-80-70(44-59)64-31-25-61(48-83(64)106-80)63-27-35-76(96-50-63)79-51-97-88-87-68(66-18-10-42-95-86(66)89(88)101-79)34-37-78(100-87)77-20-8-19-74(98-77)62-26-32-69-73(47-62)84-65(17-9-41-94-84)67-33-36-75(99-85(67)69)53-21-23-56(24-22-53)92-103-90(54-12-3-1-4-13-54)102-91(104-92)55-14-5-2-6-15-55/h1-48,50-51H. The first kappa shape index (κ1) is 59.9. The van der Waals surface area contributed by atoms with E-state index in [2.05, 4.69) is 133 Å². The van der Waals surface area contributed by atoms with E-state index in [0.29, 0.717) is 62.4 Å². The van der Waals surface area contributed by atoms with Crippen LogP contribution in [0, 0.1) is 11.3 Å². The summed E-state index contributed by atoms with van der Waals surface area (Å²) in [5, 5.41) is 19.4. The number of hydrogen-bond acceptors (Lipinski definition) is 14. The van der Waals surface area contributed by atoms with Gasteiger partial charge >= 0.3 is 0 Å². The Balaban J connectivity index is 0.567. The van der Waals surface area contributed by atoms with E-state index in [9.17, 15) is 5.26 Å². The predicted molar refractivity (Wildman–Crippen MR) is 421 cm³/mol. The third-order valence-electron chi connectivity index (χ3n) is 20.1. The van der Waals surface area contributed by atoms with E-state index in [4.69, 9.17) is 63.7 Å². The van der Waals surface area contributed by atoms with Crippen molar-refractivity contribution in [1.29, 1.82) is 5.26 Å². The van der Waals surface area contributed by atoms with Gasteiger partial charge in [0.15, 0.2) is 17.5 Å². The van der Waals surface area contributed by atoms with Crippen molar-refractivity contribution in [3.8, 4) is 119 Å². The molecular formula is C92H50N12O2. The molecule has 11 aromatic carbocycles. The maximum atomic E-state index is 9.55. The molecule has 0 atom stereocenters. The van der Waals surface area contributed by atoms with Crippen LogP contribution in [0.2, 0.25) is 0 Å². The largest absolute Gasteiger partial charge is 0.456 e. The lowest BCUT2D eigenvalue weighted by molar-refractivity contribution is 0.668. The molecule has 21 rings (SSSR count). The summed E-state index contributed by atoms with van der Waals surface area (Å²) in [7, 11) is 0. The highest BCUT2D eigenvalue weighted by atomic mass is 16.3. The molecule has 0 N–H and O–H groups in total. The summed E-state index contributed by atoms with van der Waals surface area (Å²) in [4.78, 5) is 56.1. The van der Waals surface area contributed by atoms with Crippen molar-refractivity contribution in [3.05, 3.63) is 309 Å². The topological polar surface area (TPSA) is 192 Å². The van der Waals surface area contributed by atoms with Gasteiger partial charge in [-0.15, -0.1) is 0 Å². The van der Waals surface area contributed by atoms with Crippen molar-refractivity contribution in [3.63, 3.8) is 0 Å². The van der Waals surface area contributed by atoms with Gasteiger partial charge in [-0.1, -0.05) is 158 Å². The Hall–Kier alpha value is -14.9. The van der Waals surface area contributed by atoms with E-state index in [1.165, 1.54) is 0 Å². The van der Waals surface area contributed by atoms with Gasteiger partial charge in [0.05, 0.1) is 68.4 Å². The van der Waals surface area contributed by atoms with Crippen molar-refractivity contribution >= 4 is 109 Å². The zero-order valence-electron chi connectivity index (χ0n) is 56.1. The van der Waals surface area contributed by atoms with Gasteiger partial charge < -0.3 is 8.83 Å². The highest BCUT2D eigenvalue weighted by Crippen LogP contribution is 2.42. The second-order valence-corrected chi connectivity index (χ2v) is 26.4. The Morgan fingerprint density at radius 1 is 0.217 bits per heavy atom. The van der Waals surface area contributed by atoms with Gasteiger partial charge in [0, 0.05) is 106 Å². The Kier molecular flexibility index (Phi) is 13.6. The smallest absolute Gasteiger partial charge is 0.164 e. The molecule has 0 fully saturated rings. The molecule has 14 nitrogen and oxygen atoms in total. The van der Waals surface area contributed by atoms with Crippen LogP contribution < -0.4 is 0 Å². The molecule has 10 heterocycles. The van der Waals surface area contributed by atoms with Gasteiger partial charge in [-0.25, -0.2) is 39.9 Å². The van der Waals surface area contributed by atoms with Crippen molar-refractivity contribution in [2.24, 2.45) is 0 Å². The molecule has 0 bridgehead atoms. The number of aromatic nitrogens is 11. The average molecular weight is 1360 g/mol. The normalized spacial score (nSPS) is 11.8. The van der Waals surface area contributed by atoms with Crippen LogP contribution in [0.15, 0.2) is 313 Å². The van der Waals surface area contributed by atoms with Crippen molar-refractivity contribution in [2.45, 2.75) is 0 Å². The van der Waals surface area contributed by atoms with Crippen LogP contribution in [-0.2, 0) is 0 Å². The first-order valence-electron chi connectivity index (χ1n) is 34.7. The van der Waals surface area contributed by atoms with Gasteiger partial charge in [-0.2, -0.15) is 5.26 Å². The van der Waals surface area contributed by atoms with Gasteiger partial charge in [0.25, 0.3) is 0 Å². The quantitative estimate of drug-likeness (QED) is 0.117. The zero-order chi connectivity index (χ0) is 69.9. The maximum Gasteiger partial charge on any atom is 0.164 e. The third kappa shape index (κ3) is 10.1. The molecule has 0 amide bonds. The molecule has 0 aliphatic carbocycles. The summed E-state index contributed by atoms with van der Waals surface area (Å²) in [6, 6.07) is 96.3. The molecule has 0 saturated carbocycles. The molecule has 0 unspecified atom stereocenters. The van der Waals surface area contributed by atoms with Gasteiger partial charge in [0.2, 0.25) is 0 Å². The van der Waals surface area contributed by atoms with Crippen LogP contribution in [0.5, 0.6) is 0 Å². The summed E-state index contributed by atoms with van der Waals surface area (Å²) in [5.74, 6) is 1.81. The Bertz CT molecular complexity index is 7220. The SMILES string of the molecule is N#Cc1cccc(-c2ccc3oc4ccc(-c5ccc6oc7cc(-c8ccc(-c9cnc%10c%11nc(-c%12cccc(-c%13ccc%14c(c%13)c%13ncccc%13c%13ccc(-c%15ccc(-c%16nc(-c%17ccccc%17)nc(-c%17ccccc%17)n%16)cc%15)nc%13%14)n%12)ccc%11c%11cccnc%11c%10n9)nc8)ccc7c6c5)cc4c3c2)c1. The second-order valence-electron chi connectivity index (χ2n) is 26.4. The highest BCUT2D eigenvalue weighted by molar-refractivity contribution is 6.24. The molecular weight excluding hydrogens is 1310 g/mol. The lowest BCUT2D eigenvalue weighted by Crippen LogP contribution is -2.00. The van der Waals surface area contributed by atoms with Gasteiger partial charge in [0.1, 0.15) is 39.1 Å². The molecule has 0 spiro atoms. The summed E-state index contributed by atoms with van der Waals surface area (Å²) in [6.45, 7) is 0. The molecule has 10 aromatic heterocycles. The molecule has 490 valence electrons. The van der Waals surface area contributed by atoms with Crippen LogP contribution in [0.4, 0.5) is 0 Å². The van der Waals surface area contributed by atoms with Crippen molar-refractivity contribution < 1.29 is 8.83 Å². The predicted octanol–water partition coefficient (Wildman–Crippen LogP) is 22.3. The number of nitrogens with zero attached hydrogens (tertiary/aromatic N) is 12. The first-order chi connectivity index (χ1) is 52.4. The minimum Gasteiger partial charge on any atom is -0.456 e. The first-order valence-corrected chi connectivity index (χ1v) is 34.7. The number of nitriles is 1. The minimum atomic E-state index is 0.588. The third-order valence-corrected chi connectivity index (χ3v) is 20.1. The molecule has 0 aliphatic rings. The van der Waals surface area contributed by atoms with Crippen LogP contribution >= 0.6 is 0 Å². The number of benzene rings is 11. The highest BCUT2D eigenvalue weighted by Gasteiger charge is 2.21. The summed E-state index contributed by atoms with van der Waals surface area (Å²) >= 11 is 0. The number of furan rings is 2. The van der Waals surface area contributed by atoms with E-state index in [-0.39, 0.29) is 0 Å². The zero-order valence-corrected chi connectivity index (χ0v) is 56.1. The Morgan fingerprint density at radius 3 is 1.37 bits per heavy atom. The fraction of sp³-hybridized carbons (Fsp3) is 0. The molecule has 106 heavy (non-hydrogen) atoms. The fourth-order valence-electron chi connectivity index (χ4n) is 14.9. The van der Waals surface area contributed by atoms with Crippen LogP contribution in [0.1, 0.15) is 5.56 Å². The van der Waals surface area contributed by atoms with E-state index in [0.717, 1.165) is 165 Å². The molecule has 14 heteroatoms. The number of pyridine rings is 6. The molecule has 0 saturated heterocycles. The van der Waals surface area contributed by atoms with E-state index < -0.39 is 0 Å². The second kappa shape index (κ2) is 24.1. The summed E-state index contributed by atoms with van der Waals surface area (Å²) < 4.78 is 12.8. The fourth-order valence-corrected chi connectivity index (χ4v) is 14.9. The number of rotatable bonds is 10. The lowest BCUT2D eigenvalue weighted by atomic mass is 9.97. The molecule has 0 radical (unpaired) electrons. The Labute approximate surface area is 603 Å². The Morgan fingerprint density at radius 2 is 0.679 bits per heavy atom. The monoisotopic (exact) mass is 1350 g/mol. The van der Waals surface area contributed by atoms with E-state index >= 15 is 0 Å². The minimum absolute atomic E-state index is 0.588. The van der Waals surface area contributed by atoms with Gasteiger partial charge in [-0.3, -0.25) is 15.0 Å².